The maximum atomic E-state index is 6.40. The monoisotopic (exact) mass is 280 g/mol. The molecule has 1 heterocycles. The standard InChI is InChI=1S/C15H21ClN2O/c16-14-9-12(10-15(17)3-4-15)1-2-13(14)11-18-5-7-19-8-6-18/h1-2,9H,3-8,10-11,17H2. The van der Waals surface area contributed by atoms with Crippen LogP contribution in [0.1, 0.15) is 24.0 Å². The Balaban J connectivity index is 1.65. The number of rotatable bonds is 4. The highest BCUT2D eigenvalue weighted by molar-refractivity contribution is 6.31. The Morgan fingerprint density at radius 2 is 2.00 bits per heavy atom. The quantitative estimate of drug-likeness (QED) is 0.919. The van der Waals surface area contributed by atoms with Crippen molar-refractivity contribution in [3.63, 3.8) is 0 Å². The van der Waals surface area contributed by atoms with Crippen molar-refractivity contribution in [2.24, 2.45) is 5.73 Å². The molecule has 1 saturated carbocycles. The predicted octanol–water partition coefficient (Wildman–Crippen LogP) is 2.21. The molecule has 0 unspecified atom stereocenters. The van der Waals surface area contributed by atoms with Crippen LogP contribution in [-0.4, -0.2) is 36.7 Å². The van der Waals surface area contributed by atoms with E-state index in [0.717, 1.165) is 57.1 Å². The van der Waals surface area contributed by atoms with E-state index in [1.54, 1.807) is 0 Å². The minimum Gasteiger partial charge on any atom is -0.379 e. The van der Waals surface area contributed by atoms with Crippen LogP contribution in [0.4, 0.5) is 0 Å². The Hall–Kier alpha value is -0.610. The predicted molar refractivity (Wildman–Crippen MR) is 77.4 cm³/mol. The number of hydrogen-bond acceptors (Lipinski definition) is 3. The molecule has 2 N–H and O–H groups in total. The molecule has 1 aliphatic carbocycles. The van der Waals surface area contributed by atoms with E-state index in [2.05, 4.69) is 23.1 Å². The maximum absolute atomic E-state index is 6.40. The van der Waals surface area contributed by atoms with Gasteiger partial charge in [0.15, 0.2) is 0 Å². The topological polar surface area (TPSA) is 38.5 Å². The molecule has 1 saturated heterocycles. The second-order valence-corrected chi connectivity index (χ2v) is 6.26. The summed E-state index contributed by atoms with van der Waals surface area (Å²) in [6.45, 7) is 4.54. The van der Waals surface area contributed by atoms with E-state index in [9.17, 15) is 0 Å². The molecule has 2 fully saturated rings. The first-order valence-electron chi connectivity index (χ1n) is 7.01. The van der Waals surface area contributed by atoms with E-state index in [4.69, 9.17) is 22.1 Å². The SMILES string of the molecule is NC1(Cc2ccc(CN3CCOCC3)c(Cl)c2)CC1. The van der Waals surface area contributed by atoms with Crippen LogP contribution in [0.2, 0.25) is 5.02 Å². The minimum absolute atomic E-state index is 0.0506. The number of nitrogens with two attached hydrogens (primary N) is 1. The Labute approximate surface area is 119 Å². The molecule has 19 heavy (non-hydrogen) atoms. The summed E-state index contributed by atoms with van der Waals surface area (Å²) < 4.78 is 5.36. The molecule has 0 spiro atoms. The van der Waals surface area contributed by atoms with E-state index < -0.39 is 0 Å². The lowest BCUT2D eigenvalue weighted by molar-refractivity contribution is 0.0342. The van der Waals surface area contributed by atoms with Crippen LogP contribution in [0, 0.1) is 0 Å². The smallest absolute Gasteiger partial charge is 0.0594 e. The first-order valence-corrected chi connectivity index (χ1v) is 7.39. The summed E-state index contributed by atoms with van der Waals surface area (Å²) in [5.74, 6) is 0. The number of benzene rings is 1. The first kappa shape index (κ1) is 13.4. The summed E-state index contributed by atoms with van der Waals surface area (Å²) >= 11 is 6.40. The van der Waals surface area contributed by atoms with Gasteiger partial charge in [-0.1, -0.05) is 23.7 Å². The molecule has 0 radical (unpaired) electrons. The van der Waals surface area contributed by atoms with E-state index in [1.807, 2.05) is 0 Å². The van der Waals surface area contributed by atoms with Crippen LogP contribution in [-0.2, 0) is 17.7 Å². The molecular weight excluding hydrogens is 260 g/mol. The fourth-order valence-corrected chi connectivity index (χ4v) is 2.84. The van der Waals surface area contributed by atoms with E-state index >= 15 is 0 Å². The van der Waals surface area contributed by atoms with Gasteiger partial charge in [0.1, 0.15) is 0 Å². The van der Waals surface area contributed by atoms with Gasteiger partial charge in [-0.15, -0.1) is 0 Å². The molecule has 0 amide bonds. The van der Waals surface area contributed by atoms with Crippen LogP contribution < -0.4 is 5.73 Å². The third-order valence-corrected chi connectivity index (χ3v) is 4.42. The Morgan fingerprint density at radius 3 is 2.63 bits per heavy atom. The van der Waals surface area contributed by atoms with Crippen molar-refractivity contribution in [3.05, 3.63) is 34.3 Å². The summed E-state index contributed by atoms with van der Waals surface area (Å²) in [4.78, 5) is 2.38. The third kappa shape index (κ3) is 3.48. The lowest BCUT2D eigenvalue weighted by atomic mass is 10.0. The van der Waals surface area contributed by atoms with Crippen molar-refractivity contribution in [1.29, 1.82) is 0 Å². The molecule has 3 nitrogen and oxygen atoms in total. The fraction of sp³-hybridized carbons (Fsp3) is 0.600. The van der Waals surface area contributed by atoms with Crippen molar-refractivity contribution >= 4 is 11.6 Å². The number of halogens is 1. The first-order chi connectivity index (χ1) is 9.15. The molecule has 3 rings (SSSR count). The minimum atomic E-state index is 0.0506. The molecule has 0 atom stereocenters. The van der Waals surface area contributed by atoms with E-state index in [-0.39, 0.29) is 5.54 Å². The van der Waals surface area contributed by atoms with Crippen LogP contribution >= 0.6 is 11.6 Å². The molecule has 0 bridgehead atoms. The Morgan fingerprint density at radius 1 is 1.26 bits per heavy atom. The molecule has 0 aromatic heterocycles. The van der Waals surface area contributed by atoms with Crippen LogP contribution in [0.25, 0.3) is 0 Å². The second-order valence-electron chi connectivity index (χ2n) is 5.85. The zero-order valence-corrected chi connectivity index (χ0v) is 12.0. The van der Waals surface area contributed by atoms with Gasteiger partial charge in [-0.3, -0.25) is 4.90 Å². The van der Waals surface area contributed by atoms with Gasteiger partial charge in [-0.2, -0.15) is 0 Å². The van der Waals surface area contributed by atoms with Gasteiger partial charge >= 0.3 is 0 Å². The van der Waals surface area contributed by atoms with Gasteiger partial charge in [-0.25, -0.2) is 0 Å². The second kappa shape index (κ2) is 5.41. The van der Waals surface area contributed by atoms with E-state index in [1.165, 1.54) is 11.1 Å². The van der Waals surface area contributed by atoms with Crippen molar-refractivity contribution in [3.8, 4) is 0 Å². The fourth-order valence-electron chi connectivity index (χ4n) is 2.57. The zero-order chi connectivity index (χ0) is 13.3. The lowest BCUT2D eigenvalue weighted by Gasteiger charge is -2.27. The highest BCUT2D eigenvalue weighted by Crippen LogP contribution is 2.36. The highest BCUT2D eigenvalue weighted by Gasteiger charge is 2.37. The molecule has 2 aliphatic rings. The summed E-state index contributed by atoms with van der Waals surface area (Å²) in [6, 6.07) is 6.41. The van der Waals surface area contributed by atoms with E-state index in [0.29, 0.717) is 0 Å². The summed E-state index contributed by atoms with van der Waals surface area (Å²) in [7, 11) is 0. The summed E-state index contributed by atoms with van der Waals surface area (Å²) in [5.41, 5.74) is 8.66. The summed E-state index contributed by atoms with van der Waals surface area (Å²) in [5, 5.41) is 0.869. The number of ether oxygens (including phenoxy) is 1. The van der Waals surface area contributed by atoms with Gasteiger partial charge in [0.2, 0.25) is 0 Å². The number of morpholine rings is 1. The normalized spacial score (nSPS) is 22.4. The summed E-state index contributed by atoms with van der Waals surface area (Å²) in [6.07, 6.45) is 3.23. The van der Waals surface area contributed by atoms with Crippen molar-refractivity contribution in [2.45, 2.75) is 31.3 Å². The van der Waals surface area contributed by atoms with Gasteiger partial charge < -0.3 is 10.5 Å². The van der Waals surface area contributed by atoms with Gasteiger partial charge in [0, 0.05) is 30.2 Å². The molecule has 104 valence electrons. The maximum Gasteiger partial charge on any atom is 0.0594 e. The Bertz CT molecular complexity index is 453. The van der Waals surface area contributed by atoms with Gasteiger partial charge in [0.25, 0.3) is 0 Å². The van der Waals surface area contributed by atoms with Crippen LogP contribution in [0.3, 0.4) is 0 Å². The average molecular weight is 281 g/mol. The highest BCUT2D eigenvalue weighted by atomic mass is 35.5. The van der Waals surface area contributed by atoms with Crippen LogP contribution in [0.15, 0.2) is 18.2 Å². The molecule has 1 aromatic rings. The molecular formula is C15H21ClN2O. The number of nitrogens with zero attached hydrogens (tertiary/aromatic N) is 1. The van der Waals surface area contributed by atoms with Crippen molar-refractivity contribution < 1.29 is 4.74 Å². The largest absolute Gasteiger partial charge is 0.379 e. The van der Waals surface area contributed by atoms with Gasteiger partial charge in [-0.05, 0) is 36.5 Å². The van der Waals surface area contributed by atoms with Gasteiger partial charge in [0.05, 0.1) is 13.2 Å². The molecule has 1 aliphatic heterocycles. The average Bonchev–Trinajstić information content (AvgIpc) is 3.12. The molecule has 4 heteroatoms. The third-order valence-electron chi connectivity index (χ3n) is 4.06. The molecule has 1 aromatic carbocycles. The van der Waals surface area contributed by atoms with Crippen LogP contribution in [0.5, 0.6) is 0 Å². The number of hydrogen-bond donors (Lipinski definition) is 1. The zero-order valence-electron chi connectivity index (χ0n) is 11.2. The van der Waals surface area contributed by atoms with Crippen molar-refractivity contribution in [2.75, 3.05) is 26.3 Å². The van der Waals surface area contributed by atoms with Crippen molar-refractivity contribution in [1.82, 2.24) is 4.90 Å². The lowest BCUT2D eigenvalue weighted by Crippen LogP contribution is -2.35. The Kier molecular flexibility index (Phi) is 3.81.